The molecule has 0 aromatic carbocycles. The van der Waals surface area contributed by atoms with Crippen LogP contribution in [0.3, 0.4) is 0 Å². The Labute approximate surface area is 93.6 Å². The van der Waals surface area contributed by atoms with Gasteiger partial charge in [0.1, 0.15) is 0 Å². The van der Waals surface area contributed by atoms with Gasteiger partial charge in [0.25, 0.3) is 0 Å². The molecule has 0 radical (unpaired) electrons. The van der Waals surface area contributed by atoms with E-state index in [0.717, 1.165) is 5.39 Å². The first-order valence-electron chi connectivity index (χ1n) is 4.65. The van der Waals surface area contributed by atoms with Crippen LogP contribution in [-0.2, 0) is 0 Å². The number of hydrogen-bond acceptors (Lipinski definition) is 6. The van der Waals surface area contributed by atoms with E-state index in [-0.39, 0.29) is 17.1 Å². The molecule has 0 saturated heterocycles. The summed E-state index contributed by atoms with van der Waals surface area (Å²) in [6, 6.07) is 3.40. The monoisotopic (exact) mass is 231 g/mol. The van der Waals surface area contributed by atoms with Crippen LogP contribution in [0, 0.1) is 0 Å². The summed E-state index contributed by atoms with van der Waals surface area (Å²) < 4.78 is 9.82. The molecule has 7 nitrogen and oxygen atoms in total. The van der Waals surface area contributed by atoms with Gasteiger partial charge in [-0.1, -0.05) is 0 Å². The van der Waals surface area contributed by atoms with Crippen molar-refractivity contribution in [2.24, 2.45) is 0 Å². The lowest BCUT2D eigenvalue weighted by atomic mass is 10.2. The molecular formula is C10H5N3O4. The minimum absolute atomic E-state index is 0.0636. The zero-order valence-corrected chi connectivity index (χ0v) is 8.32. The summed E-state index contributed by atoms with van der Waals surface area (Å²) in [6.07, 6.45) is 3.15. The number of furan rings is 1. The average molecular weight is 231 g/mol. The Hall–Kier alpha value is -2.70. The van der Waals surface area contributed by atoms with Crippen LogP contribution in [0.25, 0.3) is 22.4 Å². The molecule has 0 saturated carbocycles. The molecule has 7 heteroatoms. The predicted octanol–water partition coefficient (Wildman–Crippen LogP) is 1.58. The highest BCUT2D eigenvalue weighted by atomic mass is 16.6. The molecule has 3 aromatic rings. The van der Waals surface area contributed by atoms with Crippen molar-refractivity contribution in [1.82, 2.24) is 15.3 Å². The molecule has 17 heavy (non-hydrogen) atoms. The Balaban J connectivity index is 2.20. The van der Waals surface area contributed by atoms with Gasteiger partial charge in [-0.15, -0.1) is 0 Å². The Bertz CT molecular complexity index is 667. The van der Waals surface area contributed by atoms with Gasteiger partial charge in [-0.05, 0) is 22.4 Å². The van der Waals surface area contributed by atoms with E-state index in [9.17, 15) is 4.79 Å². The lowest BCUT2D eigenvalue weighted by molar-refractivity contribution is 0.0685. The van der Waals surface area contributed by atoms with Gasteiger partial charge in [-0.2, -0.15) is 0 Å². The number of nitrogens with zero attached hydrogens (tertiary/aromatic N) is 3. The van der Waals surface area contributed by atoms with Gasteiger partial charge in [0.15, 0.2) is 17.0 Å². The van der Waals surface area contributed by atoms with Crippen molar-refractivity contribution in [1.29, 1.82) is 0 Å². The molecule has 0 atom stereocenters. The standard InChI is InChI=1S/C10H5N3O4/c14-10(15)9-8(12-17-13-9)6-3-5-1-2-11-4-7(5)16-6/h1-4H,(H,14,15). The van der Waals surface area contributed by atoms with E-state index in [1.165, 1.54) is 6.20 Å². The molecule has 0 fully saturated rings. The second kappa shape index (κ2) is 3.41. The van der Waals surface area contributed by atoms with E-state index in [4.69, 9.17) is 9.52 Å². The number of aromatic carboxylic acids is 1. The first-order valence-corrected chi connectivity index (χ1v) is 4.65. The zero-order valence-electron chi connectivity index (χ0n) is 8.32. The van der Waals surface area contributed by atoms with Gasteiger partial charge in [0.05, 0.1) is 6.20 Å². The molecule has 3 rings (SSSR count). The van der Waals surface area contributed by atoms with Crippen molar-refractivity contribution >= 4 is 16.9 Å². The molecule has 0 bridgehead atoms. The number of hydrogen-bond donors (Lipinski definition) is 1. The fraction of sp³-hybridized carbons (Fsp3) is 0. The van der Waals surface area contributed by atoms with Crippen LogP contribution < -0.4 is 0 Å². The highest BCUT2D eigenvalue weighted by Gasteiger charge is 2.21. The van der Waals surface area contributed by atoms with Crippen molar-refractivity contribution in [3.63, 3.8) is 0 Å². The summed E-state index contributed by atoms with van der Waals surface area (Å²) in [4.78, 5) is 14.8. The number of carbonyl (C=O) groups is 1. The van der Waals surface area contributed by atoms with Crippen LogP contribution in [0.1, 0.15) is 10.5 Å². The van der Waals surface area contributed by atoms with Gasteiger partial charge in [0, 0.05) is 11.6 Å². The smallest absolute Gasteiger partial charge is 0.360 e. The highest BCUT2D eigenvalue weighted by Crippen LogP contribution is 2.27. The molecule has 0 aliphatic carbocycles. The quantitative estimate of drug-likeness (QED) is 0.713. The number of aromatic nitrogens is 3. The molecule has 3 aromatic heterocycles. The fourth-order valence-corrected chi connectivity index (χ4v) is 1.49. The van der Waals surface area contributed by atoms with Crippen LogP contribution in [0.5, 0.6) is 0 Å². The fourth-order valence-electron chi connectivity index (χ4n) is 1.49. The Kier molecular flexibility index (Phi) is 1.91. The van der Waals surface area contributed by atoms with E-state index >= 15 is 0 Å². The van der Waals surface area contributed by atoms with Crippen molar-refractivity contribution < 1.29 is 18.9 Å². The molecule has 0 spiro atoms. The topological polar surface area (TPSA) is 102 Å². The van der Waals surface area contributed by atoms with Crippen LogP contribution in [0.2, 0.25) is 0 Å². The highest BCUT2D eigenvalue weighted by molar-refractivity contribution is 5.93. The summed E-state index contributed by atoms with van der Waals surface area (Å²) in [7, 11) is 0. The number of fused-ring (bicyclic) bond motifs is 1. The first kappa shape index (κ1) is 9.52. The Morgan fingerprint density at radius 3 is 3.00 bits per heavy atom. The third-order valence-corrected chi connectivity index (χ3v) is 2.25. The predicted molar refractivity (Wildman–Crippen MR) is 54.3 cm³/mol. The van der Waals surface area contributed by atoms with Crippen molar-refractivity contribution in [2.75, 3.05) is 0 Å². The van der Waals surface area contributed by atoms with Gasteiger partial charge in [-0.25, -0.2) is 9.42 Å². The van der Waals surface area contributed by atoms with Crippen LogP contribution in [-0.4, -0.2) is 26.4 Å². The lowest BCUT2D eigenvalue weighted by Crippen LogP contribution is -1.98. The summed E-state index contributed by atoms with van der Waals surface area (Å²) in [5, 5.41) is 16.5. The summed E-state index contributed by atoms with van der Waals surface area (Å²) >= 11 is 0. The summed E-state index contributed by atoms with van der Waals surface area (Å²) in [5.74, 6) is -0.938. The van der Waals surface area contributed by atoms with Crippen LogP contribution >= 0.6 is 0 Å². The minimum Gasteiger partial charge on any atom is -0.476 e. The Morgan fingerprint density at radius 1 is 1.35 bits per heavy atom. The van der Waals surface area contributed by atoms with Gasteiger partial charge in [-0.3, -0.25) is 4.98 Å². The van der Waals surface area contributed by atoms with E-state index in [1.807, 2.05) is 0 Å². The molecule has 0 aliphatic rings. The van der Waals surface area contributed by atoms with E-state index in [0.29, 0.717) is 5.58 Å². The molecular weight excluding hydrogens is 226 g/mol. The maximum Gasteiger partial charge on any atom is 0.360 e. The lowest BCUT2D eigenvalue weighted by Gasteiger charge is -1.88. The molecule has 0 amide bonds. The molecule has 3 heterocycles. The maximum absolute atomic E-state index is 10.9. The van der Waals surface area contributed by atoms with Crippen molar-refractivity contribution in [2.45, 2.75) is 0 Å². The van der Waals surface area contributed by atoms with E-state index in [1.54, 1.807) is 18.3 Å². The summed E-state index contributed by atoms with van der Waals surface area (Å²) in [5.41, 5.74) is 0.326. The average Bonchev–Trinajstić information content (AvgIpc) is 2.95. The van der Waals surface area contributed by atoms with E-state index < -0.39 is 5.97 Å². The van der Waals surface area contributed by atoms with E-state index in [2.05, 4.69) is 19.9 Å². The molecule has 0 unspecified atom stereocenters. The van der Waals surface area contributed by atoms with Crippen LogP contribution in [0.4, 0.5) is 0 Å². The summed E-state index contributed by atoms with van der Waals surface area (Å²) in [6.45, 7) is 0. The third kappa shape index (κ3) is 1.44. The second-order valence-electron chi connectivity index (χ2n) is 3.29. The van der Waals surface area contributed by atoms with Crippen molar-refractivity contribution in [3.8, 4) is 11.5 Å². The number of pyridine rings is 1. The van der Waals surface area contributed by atoms with Crippen LogP contribution in [0.15, 0.2) is 33.6 Å². The SMILES string of the molecule is O=C(O)c1nonc1-c1cc2ccncc2o1. The number of rotatable bonds is 2. The molecule has 0 aliphatic heterocycles. The van der Waals surface area contributed by atoms with Gasteiger partial charge >= 0.3 is 5.97 Å². The van der Waals surface area contributed by atoms with Gasteiger partial charge in [0.2, 0.25) is 5.69 Å². The molecule has 84 valence electrons. The van der Waals surface area contributed by atoms with Gasteiger partial charge < -0.3 is 9.52 Å². The first-order chi connectivity index (χ1) is 8.25. The largest absolute Gasteiger partial charge is 0.476 e. The van der Waals surface area contributed by atoms with Crippen molar-refractivity contribution in [3.05, 3.63) is 30.2 Å². The third-order valence-electron chi connectivity index (χ3n) is 2.25. The number of carboxylic acids is 1. The minimum atomic E-state index is -1.22. The Morgan fingerprint density at radius 2 is 2.24 bits per heavy atom. The molecule has 1 N–H and O–H groups in total. The zero-order chi connectivity index (χ0) is 11.8. The number of carboxylic acid groups (broad SMARTS) is 1. The normalized spacial score (nSPS) is 10.8. The second-order valence-corrected chi connectivity index (χ2v) is 3.29. The maximum atomic E-state index is 10.9.